The highest BCUT2D eigenvalue weighted by atomic mass is 15.1. The van der Waals surface area contributed by atoms with Crippen molar-refractivity contribution in [1.29, 1.82) is 0 Å². The predicted octanol–water partition coefficient (Wildman–Crippen LogP) is 18.9. The lowest BCUT2D eigenvalue weighted by Crippen LogP contribution is -2.30. The first kappa shape index (κ1) is 44.2. The summed E-state index contributed by atoms with van der Waals surface area (Å²) < 4.78 is 0. The van der Waals surface area contributed by atoms with Crippen LogP contribution in [0, 0.1) is 0 Å². The highest BCUT2D eigenvalue weighted by molar-refractivity contribution is 5.95. The molecule has 0 saturated heterocycles. The molecule has 12 aromatic rings. The molecule has 0 radical (unpaired) electrons. The third kappa shape index (κ3) is 7.00. The minimum absolute atomic E-state index is 0.516. The van der Waals surface area contributed by atoms with Crippen LogP contribution in [-0.2, 0) is 10.8 Å². The molecule has 0 fully saturated rings. The van der Waals surface area contributed by atoms with Crippen LogP contribution in [0.3, 0.4) is 0 Å². The molecule has 14 rings (SSSR count). The Morgan fingerprint density at radius 3 is 0.987 bits per heavy atom. The van der Waals surface area contributed by atoms with E-state index in [0.717, 1.165) is 22.6 Å². The van der Waals surface area contributed by atoms with Crippen molar-refractivity contribution in [3.8, 4) is 55.6 Å². The van der Waals surface area contributed by atoms with Crippen LogP contribution in [0.5, 0.6) is 0 Å². The summed E-state index contributed by atoms with van der Waals surface area (Å²) in [6.07, 6.45) is 0. The maximum Gasteiger partial charge on any atom is 0.0734 e. The molecule has 1 heteroatoms. The van der Waals surface area contributed by atoms with Crippen LogP contribution in [0.4, 0.5) is 17.1 Å². The highest BCUT2D eigenvalue weighted by Crippen LogP contribution is 2.61. The topological polar surface area (TPSA) is 3.24 Å². The molecule has 12 aromatic carbocycles. The van der Waals surface area contributed by atoms with Gasteiger partial charge in [0.25, 0.3) is 0 Å². The zero-order valence-electron chi connectivity index (χ0n) is 41.4. The summed E-state index contributed by atoms with van der Waals surface area (Å²) in [5, 5.41) is 0. The van der Waals surface area contributed by atoms with E-state index in [2.05, 4.69) is 314 Å². The summed E-state index contributed by atoms with van der Waals surface area (Å²) in [5.74, 6) is 0. The van der Waals surface area contributed by atoms with Crippen molar-refractivity contribution in [3.63, 3.8) is 0 Å². The average Bonchev–Trinajstić information content (AvgIpc) is 4.01. The van der Waals surface area contributed by atoms with Gasteiger partial charge in [-0.2, -0.15) is 0 Å². The molecule has 0 spiro atoms. The number of fused-ring (bicyclic) bond motifs is 6. The predicted molar refractivity (Wildman–Crippen MR) is 312 cm³/mol. The van der Waals surface area contributed by atoms with Gasteiger partial charge in [0.2, 0.25) is 0 Å². The molecule has 0 heterocycles. The Hall–Kier alpha value is -9.56. The Morgan fingerprint density at radius 1 is 0.213 bits per heavy atom. The standard InChI is InChI=1S/C74H51N/c1-6-23-52(24-7-1)55-49-56(53-25-8-2-9-26-53)51-57(50-55)54-41-45-62(46-42-54)75(63-47-43-61(44-48-63)73(58-27-10-3-11-28-58)68-37-19-16-33-64(68)65-34-17-20-38-69(65)73)71-40-22-36-67-66-35-18-21-39-70(66)74(72(67)71,59-29-12-4-13-30-59)60-31-14-5-15-32-60/h1-51H. The lowest BCUT2D eigenvalue weighted by molar-refractivity contribution is 0.766. The largest absolute Gasteiger partial charge is 0.310 e. The molecule has 0 N–H and O–H groups in total. The fourth-order valence-electron chi connectivity index (χ4n) is 12.9. The molecule has 2 aliphatic carbocycles. The van der Waals surface area contributed by atoms with E-state index in [0.29, 0.717) is 0 Å². The minimum atomic E-state index is -0.622. The van der Waals surface area contributed by atoms with Crippen molar-refractivity contribution in [3.05, 3.63) is 354 Å². The summed E-state index contributed by atoms with van der Waals surface area (Å²) in [5.41, 5.74) is 24.4. The SMILES string of the molecule is c1ccc(-c2cc(-c3ccccc3)cc(-c3ccc(N(c4ccc(C5(c6ccccc6)c6ccccc6-c6ccccc65)cc4)c4cccc5c4C(c4ccccc4)(c4ccccc4)c4ccccc4-5)cc3)c2)cc1. The number of benzene rings is 12. The van der Waals surface area contributed by atoms with E-state index in [4.69, 9.17) is 0 Å². The van der Waals surface area contributed by atoms with E-state index >= 15 is 0 Å². The highest BCUT2D eigenvalue weighted by Gasteiger charge is 2.49. The minimum Gasteiger partial charge on any atom is -0.310 e. The quantitative estimate of drug-likeness (QED) is 0.132. The van der Waals surface area contributed by atoms with Crippen molar-refractivity contribution < 1.29 is 0 Å². The fraction of sp³-hybridized carbons (Fsp3) is 0.0270. The summed E-state index contributed by atoms with van der Waals surface area (Å²) in [4.78, 5) is 2.51. The third-order valence-electron chi connectivity index (χ3n) is 16.0. The second-order valence-corrected chi connectivity index (χ2v) is 19.9. The van der Waals surface area contributed by atoms with Gasteiger partial charge in [0, 0.05) is 16.9 Å². The summed E-state index contributed by atoms with van der Waals surface area (Å²) in [7, 11) is 0. The van der Waals surface area contributed by atoms with E-state index < -0.39 is 10.8 Å². The van der Waals surface area contributed by atoms with Crippen molar-refractivity contribution in [1.82, 2.24) is 0 Å². The molecule has 0 saturated carbocycles. The number of nitrogens with zero attached hydrogens (tertiary/aromatic N) is 1. The second kappa shape index (κ2) is 18.2. The first-order chi connectivity index (χ1) is 37.2. The first-order valence-corrected chi connectivity index (χ1v) is 26.1. The smallest absolute Gasteiger partial charge is 0.0734 e. The fourth-order valence-corrected chi connectivity index (χ4v) is 12.9. The average molecular weight is 954 g/mol. The molecule has 0 unspecified atom stereocenters. The van der Waals surface area contributed by atoms with Crippen LogP contribution >= 0.6 is 0 Å². The van der Waals surface area contributed by atoms with Gasteiger partial charge in [-0.1, -0.05) is 261 Å². The lowest BCUT2D eigenvalue weighted by atomic mass is 9.67. The maximum atomic E-state index is 2.51. The van der Waals surface area contributed by atoms with Gasteiger partial charge >= 0.3 is 0 Å². The van der Waals surface area contributed by atoms with Crippen molar-refractivity contribution in [2.24, 2.45) is 0 Å². The van der Waals surface area contributed by atoms with E-state index in [1.54, 1.807) is 0 Å². The van der Waals surface area contributed by atoms with E-state index in [1.807, 2.05) is 0 Å². The van der Waals surface area contributed by atoms with Crippen molar-refractivity contribution in [2.45, 2.75) is 10.8 Å². The molecule has 0 bridgehead atoms. The lowest BCUT2D eigenvalue weighted by Gasteiger charge is -2.38. The second-order valence-electron chi connectivity index (χ2n) is 19.9. The molecule has 0 aliphatic heterocycles. The van der Waals surface area contributed by atoms with E-state index in [9.17, 15) is 0 Å². The maximum absolute atomic E-state index is 2.51. The third-order valence-corrected chi connectivity index (χ3v) is 16.0. The van der Waals surface area contributed by atoms with Gasteiger partial charge in [0.1, 0.15) is 0 Å². The Balaban J connectivity index is 0.997. The Labute approximate surface area is 440 Å². The number of hydrogen-bond donors (Lipinski definition) is 0. The van der Waals surface area contributed by atoms with Crippen LogP contribution in [-0.4, -0.2) is 0 Å². The Bertz CT molecular complexity index is 3870. The molecule has 2 aliphatic rings. The van der Waals surface area contributed by atoms with E-state index in [-0.39, 0.29) is 0 Å². The molecule has 1 nitrogen and oxygen atoms in total. The molecular formula is C74H51N. The molecular weight excluding hydrogens is 903 g/mol. The van der Waals surface area contributed by atoms with Gasteiger partial charge in [-0.05, 0) is 143 Å². The van der Waals surface area contributed by atoms with Crippen LogP contribution < -0.4 is 4.90 Å². The monoisotopic (exact) mass is 953 g/mol. The van der Waals surface area contributed by atoms with Crippen LogP contribution in [0.1, 0.15) is 44.5 Å². The van der Waals surface area contributed by atoms with Crippen LogP contribution in [0.2, 0.25) is 0 Å². The molecule has 0 amide bonds. The summed E-state index contributed by atoms with van der Waals surface area (Å²) >= 11 is 0. The Morgan fingerprint density at radius 2 is 0.533 bits per heavy atom. The Kier molecular flexibility index (Phi) is 10.7. The van der Waals surface area contributed by atoms with Gasteiger partial charge < -0.3 is 4.90 Å². The number of rotatable bonds is 10. The molecule has 0 atom stereocenters. The van der Waals surface area contributed by atoms with Gasteiger partial charge in [-0.15, -0.1) is 0 Å². The zero-order chi connectivity index (χ0) is 49.8. The molecule has 0 aromatic heterocycles. The van der Waals surface area contributed by atoms with E-state index in [1.165, 1.54) is 94.6 Å². The van der Waals surface area contributed by atoms with Crippen molar-refractivity contribution in [2.75, 3.05) is 4.90 Å². The number of anilines is 3. The molecule has 352 valence electrons. The molecule has 75 heavy (non-hydrogen) atoms. The number of hydrogen-bond acceptors (Lipinski definition) is 1. The zero-order valence-corrected chi connectivity index (χ0v) is 41.4. The van der Waals surface area contributed by atoms with Crippen LogP contribution in [0.25, 0.3) is 55.6 Å². The summed E-state index contributed by atoms with van der Waals surface area (Å²) in [6.45, 7) is 0. The first-order valence-electron chi connectivity index (χ1n) is 26.1. The van der Waals surface area contributed by atoms with Gasteiger partial charge in [0.05, 0.1) is 16.5 Å². The van der Waals surface area contributed by atoms with Gasteiger partial charge in [-0.25, -0.2) is 0 Å². The van der Waals surface area contributed by atoms with Gasteiger partial charge in [-0.3, -0.25) is 0 Å². The summed E-state index contributed by atoms with van der Waals surface area (Å²) in [6, 6.07) is 115. The van der Waals surface area contributed by atoms with Crippen LogP contribution in [0.15, 0.2) is 309 Å². The van der Waals surface area contributed by atoms with Crippen molar-refractivity contribution >= 4 is 17.1 Å². The normalized spacial score (nSPS) is 13.3. The van der Waals surface area contributed by atoms with Gasteiger partial charge in [0.15, 0.2) is 0 Å².